The molecule has 47 heavy (non-hydrogen) atoms. The van der Waals surface area contributed by atoms with E-state index in [1.54, 1.807) is 25.5 Å². The van der Waals surface area contributed by atoms with E-state index in [-0.39, 0.29) is 35.7 Å². The van der Waals surface area contributed by atoms with Gasteiger partial charge in [0.1, 0.15) is 19.7 Å². The molecule has 1 aromatic carbocycles. The summed E-state index contributed by atoms with van der Waals surface area (Å²) < 4.78 is 68.4. The maximum atomic E-state index is 14.2. The van der Waals surface area contributed by atoms with Crippen molar-refractivity contribution in [1.29, 1.82) is 0 Å². The Hall–Kier alpha value is -3.10. The lowest BCUT2D eigenvalue weighted by atomic mass is 10.2. The van der Waals surface area contributed by atoms with Crippen molar-refractivity contribution in [1.82, 2.24) is 14.9 Å². The van der Waals surface area contributed by atoms with Gasteiger partial charge in [-0.2, -0.15) is 0 Å². The highest BCUT2D eigenvalue weighted by molar-refractivity contribution is 7.95. The molecule has 256 valence electrons. The Morgan fingerprint density at radius 2 is 1.83 bits per heavy atom. The van der Waals surface area contributed by atoms with Crippen molar-refractivity contribution >= 4 is 59.4 Å². The molecule has 3 aromatic rings. The Morgan fingerprint density at radius 1 is 1.19 bits per heavy atom. The van der Waals surface area contributed by atoms with E-state index in [0.29, 0.717) is 27.9 Å². The second kappa shape index (κ2) is 13.8. The van der Waals surface area contributed by atoms with E-state index in [9.17, 15) is 27.0 Å². The second-order valence-electron chi connectivity index (χ2n) is 13.3. The number of nitrogens with one attached hydrogen (secondary N) is 1. The number of nitrogens with zero attached hydrogens (tertiary/aromatic N) is 3. The number of anilines is 1. The van der Waals surface area contributed by atoms with Gasteiger partial charge in [0, 0.05) is 24.6 Å². The maximum Gasteiger partial charge on any atom is 0.298 e. The van der Waals surface area contributed by atoms with Crippen molar-refractivity contribution in [2.24, 2.45) is 0 Å². The fourth-order valence-corrected chi connectivity index (χ4v) is 9.00. The molecule has 16 heteroatoms. The van der Waals surface area contributed by atoms with Crippen LogP contribution in [0.1, 0.15) is 54.5 Å². The van der Waals surface area contributed by atoms with Gasteiger partial charge in [-0.1, -0.05) is 32.9 Å². The standard InChI is InChI=1S/C31H42FN4O7PS2Si/c1-31(2,3)47(7,8)43-27-26(28(37)33-19-21-9-11-22(32)12-10-21)34-30(35(20-42-4)29(27)38)36(23-13-14-23)46(40,41)18-17-24-15-16-25(45-24)44(5,6)39/h9-12,15-18,23H,13-14,19-20H2,1-8H3,(H,33,37)/b18-17+. The van der Waals surface area contributed by atoms with Crippen LogP contribution in [-0.2, 0) is 32.6 Å². The lowest BCUT2D eigenvalue weighted by Gasteiger charge is -2.36. The minimum Gasteiger partial charge on any atom is -0.538 e. The first-order valence-electron chi connectivity index (χ1n) is 15.0. The van der Waals surface area contributed by atoms with Crippen LogP contribution in [0.3, 0.4) is 0 Å². The summed E-state index contributed by atoms with van der Waals surface area (Å²) in [7, 11) is -8.15. The third-order valence-corrected chi connectivity index (χ3v) is 17.5. The van der Waals surface area contributed by atoms with E-state index >= 15 is 0 Å². The number of sulfonamides is 1. The highest BCUT2D eigenvalue weighted by Gasteiger charge is 2.43. The van der Waals surface area contributed by atoms with Gasteiger partial charge in [-0.05, 0) is 80.2 Å². The van der Waals surface area contributed by atoms with Gasteiger partial charge < -0.3 is 19.0 Å². The summed E-state index contributed by atoms with van der Waals surface area (Å²) in [6.07, 6.45) is 2.45. The molecule has 4 rings (SSSR count). The predicted octanol–water partition coefficient (Wildman–Crippen LogP) is 5.58. The summed E-state index contributed by atoms with van der Waals surface area (Å²) in [5.41, 5.74) is -0.521. The first-order chi connectivity index (χ1) is 21.7. The third-order valence-electron chi connectivity index (χ3n) is 8.01. The molecule has 1 aliphatic carbocycles. The minimum absolute atomic E-state index is 0.00452. The molecule has 0 bridgehead atoms. The number of carbonyl (C=O) groups is 1. The second-order valence-corrected chi connectivity index (χ2v) is 24.3. The van der Waals surface area contributed by atoms with Gasteiger partial charge in [0.25, 0.3) is 29.8 Å². The number of thiophene rings is 1. The molecule has 1 saturated carbocycles. The van der Waals surface area contributed by atoms with Crippen LogP contribution in [0.4, 0.5) is 10.3 Å². The molecule has 2 heterocycles. The zero-order valence-electron chi connectivity index (χ0n) is 27.9. The molecular weight excluding hydrogens is 683 g/mol. The van der Waals surface area contributed by atoms with Gasteiger partial charge in [-0.3, -0.25) is 14.2 Å². The number of rotatable bonds is 13. The van der Waals surface area contributed by atoms with Gasteiger partial charge in [-0.15, -0.1) is 11.3 Å². The van der Waals surface area contributed by atoms with Crippen LogP contribution < -0.4 is 24.2 Å². The van der Waals surface area contributed by atoms with Gasteiger partial charge >= 0.3 is 0 Å². The summed E-state index contributed by atoms with van der Waals surface area (Å²) in [4.78, 5) is 33.1. The molecule has 11 nitrogen and oxygen atoms in total. The zero-order chi connectivity index (χ0) is 34.9. The fourth-order valence-electron chi connectivity index (χ4n) is 4.20. The minimum atomic E-state index is -4.25. The van der Waals surface area contributed by atoms with Crippen LogP contribution in [0, 0.1) is 5.82 Å². The van der Waals surface area contributed by atoms with E-state index in [1.165, 1.54) is 48.8 Å². The highest BCUT2D eigenvalue weighted by Crippen LogP contribution is 2.40. The molecule has 0 saturated heterocycles. The van der Waals surface area contributed by atoms with E-state index in [4.69, 9.17) is 9.16 Å². The van der Waals surface area contributed by atoms with Crippen molar-refractivity contribution in [2.75, 3.05) is 24.7 Å². The molecule has 1 fully saturated rings. The molecular formula is C31H42FN4O7PS2Si. The van der Waals surface area contributed by atoms with Crippen LogP contribution >= 0.6 is 18.5 Å². The molecule has 0 spiro atoms. The van der Waals surface area contributed by atoms with Crippen molar-refractivity contribution in [3.63, 3.8) is 0 Å². The largest absolute Gasteiger partial charge is 0.538 e. The van der Waals surface area contributed by atoms with Crippen LogP contribution in [0.2, 0.25) is 18.1 Å². The van der Waals surface area contributed by atoms with Crippen molar-refractivity contribution in [3.05, 3.63) is 74.1 Å². The molecule has 1 N–H and O–H groups in total. The van der Waals surface area contributed by atoms with E-state index in [2.05, 4.69) is 10.3 Å². The van der Waals surface area contributed by atoms with Crippen LogP contribution in [0.5, 0.6) is 5.75 Å². The Morgan fingerprint density at radius 3 is 2.36 bits per heavy atom. The summed E-state index contributed by atoms with van der Waals surface area (Å²) >= 11 is 1.24. The quantitative estimate of drug-likeness (QED) is 0.178. The number of aromatic nitrogens is 2. The van der Waals surface area contributed by atoms with E-state index in [1.807, 2.05) is 33.9 Å². The van der Waals surface area contributed by atoms with Gasteiger partial charge in [0.05, 0.1) is 10.0 Å². The molecule has 0 radical (unpaired) electrons. The SMILES string of the molecule is COCn1c(N(C2CC2)S(=O)(=O)/C=C/c2ccc(P(C)(C)=O)s2)nc(C(=O)NCc2ccc(F)cc2)c(O[Si](C)(C)C(C)(C)C)c1=O. The number of ether oxygens (including phenoxy) is 1. The number of hydrogen-bond acceptors (Lipinski definition) is 9. The Labute approximate surface area is 280 Å². The molecule has 1 amide bonds. The predicted molar refractivity (Wildman–Crippen MR) is 188 cm³/mol. The van der Waals surface area contributed by atoms with Crippen LogP contribution in [0.25, 0.3) is 6.08 Å². The maximum absolute atomic E-state index is 14.2. The number of amides is 1. The lowest BCUT2D eigenvalue weighted by molar-refractivity contribution is 0.0940. The Balaban J connectivity index is 1.85. The van der Waals surface area contributed by atoms with Gasteiger partial charge in [0.15, 0.2) is 5.69 Å². The van der Waals surface area contributed by atoms with Crippen molar-refractivity contribution in [3.8, 4) is 5.75 Å². The fraction of sp³-hybridized carbons (Fsp3) is 0.452. The van der Waals surface area contributed by atoms with Crippen molar-refractivity contribution < 1.29 is 31.3 Å². The van der Waals surface area contributed by atoms with Crippen LogP contribution in [-0.4, -0.2) is 58.7 Å². The molecule has 0 unspecified atom stereocenters. The number of methoxy groups -OCH3 is 1. The normalized spacial score (nSPS) is 14.4. The number of benzene rings is 1. The highest BCUT2D eigenvalue weighted by atomic mass is 32.2. The Kier molecular flexibility index (Phi) is 10.8. The molecule has 0 aliphatic heterocycles. The summed E-state index contributed by atoms with van der Waals surface area (Å²) in [6, 6.07) is 8.47. The monoisotopic (exact) mass is 724 g/mol. The third kappa shape index (κ3) is 8.68. The topological polar surface area (TPSA) is 137 Å². The number of carbonyl (C=O) groups excluding carboxylic acids is 1. The Bertz CT molecular complexity index is 1880. The molecule has 0 atom stereocenters. The van der Waals surface area contributed by atoms with Gasteiger partial charge in [-0.25, -0.2) is 22.1 Å². The molecule has 2 aromatic heterocycles. The van der Waals surface area contributed by atoms with E-state index < -0.39 is 48.8 Å². The first-order valence-corrected chi connectivity index (χ1v) is 22.8. The first kappa shape index (κ1) is 36.7. The molecule has 1 aliphatic rings. The zero-order valence-corrected chi connectivity index (χ0v) is 31.4. The van der Waals surface area contributed by atoms with Crippen LogP contribution in [0.15, 0.2) is 46.6 Å². The smallest absolute Gasteiger partial charge is 0.298 e. The average Bonchev–Trinajstić information content (AvgIpc) is 3.66. The number of hydrogen-bond donors (Lipinski definition) is 1. The van der Waals surface area contributed by atoms with Crippen molar-refractivity contribution in [2.45, 2.75) is 71.1 Å². The summed E-state index contributed by atoms with van der Waals surface area (Å²) in [5, 5.41) is 3.38. The van der Waals surface area contributed by atoms with Gasteiger partial charge in [0.2, 0.25) is 11.7 Å². The number of halogens is 1. The summed E-state index contributed by atoms with van der Waals surface area (Å²) in [5.74, 6) is -1.77. The summed E-state index contributed by atoms with van der Waals surface area (Å²) in [6.45, 7) is 12.7. The lowest BCUT2D eigenvalue weighted by Crippen LogP contribution is -2.47. The average molecular weight is 725 g/mol. The van der Waals surface area contributed by atoms with E-state index in [0.717, 1.165) is 14.3 Å².